The fraction of sp³-hybridized carbons (Fsp3) is 0.455. The lowest BCUT2D eigenvalue weighted by molar-refractivity contribution is -0.136. The second-order valence-electron chi connectivity index (χ2n) is 16.8. The molecule has 6 atom stereocenters. The third-order valence-corrected chi connectivity index (χ3v) is 13.9. The Kier molecular flexibility index (Phi) is 11.4. The number of aromatic nitrogens is 2. The van der Waals surface area contributed by atoms with E-state index in [1.165, 1.54) is 14.2 Å². The molecule has 8 rings (SSSR count). The molecular weight excluding hydrogens is 805 g/mol. The molecule has 14 nitrogen and oxygen atoms in total. The molecule has 2 aromatic carbocycles. The van der Waals surface area contributed by atoms with Crippen LogP contribution in [0.15, 0.2) is 57.4 Å². The summed E-state index contributed by atoms with van der Waals surface area (Å²) in [6, 6.07) is 14.3. The van der Waals surface area contributed by atoms with Crippen molar-refractivity contribution in [3.63, 3.8) is 0 Å². The molecule has 0 radical (unpaired) electrons. The summed E-state index contributed by atoms with van der Waals surface area (Å²) in [5.41, 5.74) is 4.77. The molecule has 2 saturated heterocycles. The van der Waals surface area contributed by atoms with Crippen LogP contribution >= 0.6 is 22.7 Å². The average molecular weight is 855 g/mol. The van der Waals surface area contributed by atoms with Gasteiger partial charge in [-0.2, -0.15) is 0 Å². The summed E-state index contributed by atoms with van der Waals surface area (Å²) in [7, 11) is 2.57. The van der Waals surface area contributed by atoms with Crippen LogP contribution in [0, 0.1) is 23.7 Å². The van der Waals surface area contributed by atoms with E-state index < -0.39 is 24.3 Å². The lowest BCUT2D eigenvalue weighted by atomic mass is 10.0. The van der Waals surface area contributed by atoms with Gasteiger partial charge in [-0.15, -0.1) is 22.7 Å². The molecule has 16 heteroatoms. The Balaban J connectivity index is 1.00. The number of rotatable bonds is 10. The van der Waals surface area contributed by atoms with Gasteiger partial charge in [-0.1, -0.05) is 53.7 Å². The van der Waals surface area contributed by atoms with Crippen molar-refractivity contribution in [1.29, 1.82) is 0 Å². The van der Waals surface area contributed by atoms with E-state index in [2.05, 4.69) is 36.6 Å². The van der Waals surface area contributed by atoms with E-state index in [1.54, 1.807) is 32.5 Å². The normalized spacial score (nSPS) is 20.4. The summed E-state index contributed by atoms with van der Waals surface area (Å²) >= 11 is 3.41. The van der Waals surface area contributed by atoms with Gasteiger partial charge in [-0.05, 0) is 84.0 Å². The van der Waals surface area contributed by atoms with E-state index in [-0.39, 0.29) is 47.6 Å². The molecule has 2 N–H and O–H groups in total. The van der Waals surface area contributed by atoms with Gasteiger partial charge >= 0.3 is 12.2 Å². The van der Waals surface area contributed by atoms with Gasteiger partial charge in [0.25, 0.3) is 0 Å². The molecule has 60 heavy (non-hydrogen) atoms. The van der Waals surface area contributed by atoms with Crippen LogP contribution in [0.2, 0.25) is 0 Å². The van der Waals surface area contributed by atoms with Crippen LogP contribution in [0.1, 0.15) is 78.2 Å². The minimum Gasteiger partial charge on any atom is -0.453 e. The lowest BCUT2D eigenvalue weighted by Crippen LogP contribution is -2.51. The molecule has 0 spiro atoms. The number of benzene rings is 2. The number of methoxy groups -OCH3 is 2. The van der Waals surface area contributed by atoms with E-state index in [1.807, 2.05) is 64.1 Å². The third-order valence-electron chi connectivity index (χ3n) is 11.5. The summed E-state index contributed by atoms with van der Waals surface area (Å²) in [6.45, 7) is 12.9. The van der Waals surface area contributed by atoms with E-state index in [4.69, 9.17) is 28.3 Å². The molecule has 0 aliphatic carbocycles. The maximum absolute atomic E-state index is 13.8. The number of fused-ring (bicyclic) bond motifs is 3. The summed E-state index contributed by atoms with van der Waals surface area (Å²) < 4.78 is 24.7. The maximum atomic E-state index is 13.8. The van der Waals surface area contributed by atoms with Crippen LogP contribution in [-0.2, 0) is 19.1 Å². The summed E-state index contributed by atoms with van der Waals surface area (Å²) in [5, 5.41) is 5.41. The number of carbonyl (C=O) groups excluding carboxylic acids is 4. The topological polar surface area (TPSA) is 169 Å². The van der Waals surface area contributed by atoms with E-state index >= 15 is 0 Å². The van der Waals surface area contributed by atoms with Gasteiger partial charge in [0.05, 0.1) is 14.2 Å². The Morgan fingerprint density at radius 1 is 0.667 bits per heavy atom. The van der Waals surface area contributed by atoms with Crippen LogP contribution < -0.4 is 10.6 Å². The van der Waals surface area contributed by atoms with Crippen molar-refractivity contribution in [3.8, 4) is 20.9 Å². The molecule has 316 valence electrons. The van der Waals surface area contributed by atoms with Crippen LogP contribution in [0.3, 0.4) is 0 Å². The Morgan fingerprint density at radius 2 is 1.07 bits per heavy atom. The van der Waals surface area contributed by atoms with Crippen molar-refractivity contribution in [1.82, 2.24) is 30.4 Å². The first-order chi connectivity index (χ1) is 28.7. The van der Waals surface area contributed by atoms with Crippen LogP contribution in [0.4, 0.5) is 9.59 Å². The monoisotopic (exact) mass is 854 g/mol. The van der Waals surface area contributed by atoms with E-state index in [0.29, 0.717) is 48.9 Å². The van der Waals surface area contributed by atoms with E-state index in [0.717, 1.165) is 41.3 Å². The van der Waals surface area contributed by atoms with Crippen molar-refractivity contribution in [2.24, 2.45) is 23.7 Å². The number of oxazole rings is 2. The van der Waals surface area contributed by atoms with Gasteiger partial charge < -0.3 is 38.7 Å². The predicted octanol–water partition coefficient (Wildman–Crippen LogP) is 9.16. The number of ether oxygens (including phenoxy) is 2. The van der Waals surface area contributed by atoms with Crippen molar-refractivity contribution in [2.45, 2.75) is 78.6 Å². The highest BCUT2D eigenvalue weighted by molar-refractivity contribution is 7.31. The van der Waals surface area contributed by atoms with Gasteiger partial charge in [-0.25, -0.2) is 19.6 Å². The zero-order valence-electron chi connectivity index (χ0n) is 34.9. The van der Waals surface area contributed by atoms with Gasteiger partial charge in [0.1, 0.15) is 35.2 Å². The highest BCUT2D eigenvalue weighted by Crippen LogP contribution is 2.44. The van der Waals surface area contributed by atoms with Crippen molar-refractivity contribution in [2.75, 3.05) is 27.3 Å². The molecule has 6 heterocycles. The first-order valence-corrected chi connectivity index (χ1v) is 22.0. The van der Waals surface area contributed by atoms with Crippen molar-refractivity contribution < 1.29 is 37.5 Å². The third kappa shape index (κ3) is 7.94. The number of hydrogen-bond donors (Lipinski definition) is 2. The minimum atomic E-state index is -0.731. The van der Waals surface area contributed by atoms with Crippen LogP contribution in [0.25, 0.3) is 52.5 Å². The van der Waals surface area contributed by atoms with Crippen molar-refractivity contribution >= 4 is 78.3 Å². The number of amides is 4. The zero-order valence-corrected chi connectivity index (χ0v) is 36.6. The maximum Gasteiger partial charge on any atom is 0.407 e. The summed E-state index contributed by atoms with van der Waals surface area (Å²) in [5.74, 6) is 0.822. The molecule has 4 aromatic heterocycles. The molecule has 4 amide bonds. The quantitative estimate of drug-likeness (QED) is 0.136. The smallest absolute Gasteiger partial charge is 0.407 e. The van der Waals surface area contributed by atoms with Gasteiger partial charge in [0.2, 0.25) is 23.6 Å². The average Bonchev–Trinajstić information content (AvgIpc) is 4.07. The summed E-state index contributed by atoms with van der Waals surface area (Å²) in [4.78, 5) is 67.1. The van der Waals surface area contributed by atoms with E-state index in [9.17, 15) is 19.2 Å². The molecule has 6 aromatic rings. The SMILES string of the molecule is COC(=O)N[C@H](C(=O)N1C[C@@H](C)C[C@H]1c1nc2ccc(-c3cc4sc(-c5ccc6nc([C@@H]7C[C@H](C)CN7C(=O)[C@@H](NC(=O)OC)C(C)C)oc6c5)cc4s3)cc2o1)C(C)C. The number of thiophene rings is 2. The molecule has 0 bridgehead atoms. The molecule has 2 aliphatic rings. The first kappa shape index (κ1) is 41.3. The number of likely N-dealkylation sites (tertiary alicyclic amines) is 2. The lowest BCUT2D eigenvalue weighted by Gasteiger charge is -2.29. The molecule has 0 saturated carbocycles. The highest BCUT2D eigenvalue weighted by Gasteiger charge is 2.42. The highest BCUT2D eigenvalue weighted by atomic mass is 32.1. The van der Waals surface area contributed by atoms with Gasteiger partial charge in [-0.3, -0.25) is 9.59 Å². The second-order valence-corrected chi connectivity index (χ2v) is 19.0. The Morgan fingerprint density at radius 3 is 1.43 bits per heavy atom. The number of hydrogen-bond acceptors (Lipinski definition) is 12. The molecular formula is C44H50N6O8S2. The number of nitrogens with zero attached hydrogens (tertiary/aromatic N) is 4. The van der Waals surface area contributed by atoms with Crippen LogP contribution in [0.5, 0.6) is 0 Å². The molecule has 2 aliphatic heterocycles. The zero-order chi connectivity index (χ0) is 42.6. The second kappa shape index (κ2) is 16.5. The Bertz CT molecular complexity index is 2390. The number of carbonyl (C=O) groups is 4. The minimum absolute atomic E-state index is 0.137. The predicted molar refractivity (Wildman–Crippen MR) is 231 cm³/mol. The molecule has 2 fully saturated rings. The van der Waals surface area contributed by atoms with Gasteiger partial charge in [0, 0.05) is 32.2 Å². The fourth-order valence-corrected chi connectivity index (χ4v) is 10.8. The summed E-state index contributed by atoms with van der Waals surface area (Å²) in [6.07, 6.45) is 0.133. The van der Waals surface area contributed by atoms with Crippen LogP contribution in [-0.4, -0.2) is 83.2 Å². The number of nitrogens with one attached hydrogen (secondary N) is 2. The Labute approximate surface area is 355 Å². The first-order valence-electron chi connectivity index (χ1n) is 20.4. The van der Waals surface area contributed by atoms with Crippen molar-refractivity contribution in [3.05, 3.63) is 60.3 Å². The van der Waals surface area contributed by atoms with Gasteiger partial charge in [0.15, 0.2) is 11.2 Å². The fourth-order valence-electron chi connectivity index (χ4n) is 8.40. The largest absolute Gasteiger partial charge is 0.453 e. The Hall–Kier alpha value is -5.48. The standard InChI is InChI=1S/C44H50N6O8S2/c1-21(2)37(47-43(53)55-7)41(51)49-19-23(5)13-29(49)39-45-27-11-9-25(15-31(27)57-39)33-17-35-36(59-33)18-34(60-35)26-10-12-28-32(16-26)58-40(46-28)30-14-24(6)20-50(30)42(52)38(22(3)4)48-44(54)56-8/h9-12,15-18,21-24,29-30,37-38H,13-14,19-20H2,1-8H3,(H,47,53)(H,48,54)/t23-,24-,29-,30-,37-,38-/m0/s1. The number of alkyl carbamates (subject to hydrolysis) is 2. The molecule has 0 unspecified atom stereocenters.